The van der Waals surface area contributed by atoms with E-state index in [0.29, 0.717) is 0 Å². The summed E-state index contributed by atoms with van der Waals surface area (Å²) in [5, 5.41) is 2.92. The predicted molar refractivity (Wildman–Crippen MR) is 29.0 cm³/mol. The number of hydrogen-bond donors (Lipinski definition) is 0. The Labute approximate surface area is 59.8 Å². The van der Waals surface area contributed by atoms with E-state index in [0.717, 1.165) is 0 Å². The fraction of sp³-hybridized carbons (Fsp3) is 0.800. The molecule has 0 aromatic heterocycles. The number of hydrogen-bond acceptors (Lipinski definition) is 2. The lowest BCUT2D eigenvalue weighted by Gasteiger charge is -2.11. The first-order chi connectivity index (χ1) is 5.04. The highest BCUT2D eigenvalue weighted by molar-refractivity contribution is 5.86. The first-order valence-corrected chi connectivity index (χ1v) is 2.88. The van der Waals surface area contributed by atoms with Crippen molar-refractivity contribution in [3.8, 4) is 0 Å². The Morgan fingerprint density at radius 2 is 2.18 bits per heavy atom. The smallest absolute Gasteiger partial charge is 0.382 e. The molecule has 0 unspecified atom stereocenters. The third-order valence-electron chi connectivity index (χ3n) is 1.25. The average Bonchev–Trinajstić information content (AvgIpc) is 2.32. The molecule has 11 heavy (non-hydrogen) atoms. The molecule has 0 bridgehead atoms. The molecule has 0 aliphatic carbocycles. The predicted octanol–water partition coefficient (Wildman–Crippen LogP) is 1.66. The lowest BCUT2D eigenvalue weighted by atomic mass is 10.2. The molecule has 0 radical (unpaired) electrons. The number of rotatable bonds is 1. The van der Waals surface area contributed by atoms with Crippen molar-refractivity contribution in [2.75, 3.05) is 6.67 Å². The molecule has 0 saturated heterocycles. The summed E-state index contributed by atoms with van der Waals surface area (Å²) in [6, 6.07) is 0. The van der Waals surface area contributed by atoms with Crippen molar-refractivity contribution < 1.29 is 22.4 Å². The lowest BCUT2D eigenvalue weighted by Crippen LogP contribution is -2.28. The number of nitrogens with zero attached hydrogens (tertiary/aromatic N) is 1. The third kappa shape index (κ3) is 1.81. The van der Waals surface area contributed by atoms with E-state index in [1.165, 1.54) is 0 Å². The van der Waals surface area contributed by atoms with E-state index < -0.39 is 25.4 Å². The molecular weight excluding hydrogens is 166 g/mol. The van der Waals surface area contributed by atoms with Gasteiger partial charge in [-0.1, -0.05) is 5.16 Å². The average molecular weight is 171 g/mol. The van der Waals surface area contributed by atoms with E-state index >= 15 is 0 Å². The summed E-state index contributed by atoms with van der Waals surface area (Å²) in [6.07, 6.45) is -6.88. The van der Waals surface area contributed by atoms with E-state index in [4.69, 9.17) is 0 Å². The van der Waals surface area contributed by atoms with Crippen molar-refractivity contribution in [3.05, 3.63) is 0 Å². The fourth-order valence-corrected chi connectivity index (χ4v) is 0.681. The zero-order chi connectivity index (χ0) is 8.48. The molecule has 0 aromatic rings. The van der Waals surface area contributed by atoms with Crippen LogP contribution in [0.15, 0.2) is 5.16 Å². The summed E-state index contributed by atoms with van der Waals surface area (Å²) in [5.41, 5.74) is -0.188. The largest absolute Gasteiger partial charge is 0.428 e. The monoisotopic (exact) mass is 171 g/mol. The van der Waals surface area contributed by atoms with Gasteiger partial charge in [-0.05, 0) is 0 Å². The minimum atomic E-state index is -4.44. The van der Waals surface area contributed by atoms with Gasteiger partial charge < -0.3 is 4.84 Å². The van der Waals surface area contributed by atoms with Gasteiger partial charge in [-0.15, -0.1) is 0 Å². The molecule has 0 saturated carbocycles. The van der Waals surface area contributed by atoms with Crippen molar-refractivity contribution in [2.24, 2.45) is 5.16 Å². The molecule has 2 nitrogen and oxygen atoms in total. The van der Waals surface area contributed by atoms with E-state index in [1.54, 1.807) is 0 Å². The van der Waals surface area contributed by atoms with Crippen LogP contribution in [0, 0.1) is 0 Å². The molecule has 6 heteroatoms. The van der Waals surface area contributed by atoms with E-state index in [-0.39, 0.29) is 5.71 Å². The number of oxime groups is 1. The topological polar surface area (TPSA) is 21.6 Å². The molecule has 0 N–H and O–H groups in total. The summed E-state index contributed by atoms with van der Waals surface area (Å²) < 4.78 is 46.9. The number of halogens is 4. The maximum absolute atomic E-state index is 11.7. The van der Waals surface area contributed by atoms with Crippen molar-refractivity contribution >= 4 is 5.71 Å². The van der Waals surface area contributed by atoms with Crippen molar-refractivity contribution in [2.45, 2.75) is 18.7 Å². The Hall–Kier alpha value is -0.810. The van der Waals surface area contributed by atoms with Crippen LogP contribution in [0.2, 0.25) is 0 Å². The molecule has 1 aliphatic heterocycles. The number of alkyl halides is 4. The van der Waals surface area contributed by atoms with Gasteiger partial charge in [0.1, 0.15) is 6.67 Å². The Bertz CT molecular complexity index is 176. The first-order valence-electron chi connectivity index (χ1n) is 2.88. The zero-order valence-corrected chi connectivity index (χ0v) is 5.36. The van der Waals surface area contributed by atoms with Crippen LogP contribution in [0.3, 0.4) is 0 Å². The Kier molecular flexibility index (Phi) is 2.01. The molecule has 1 aliphatic rings. The highest BCUT2D eigenvalue weighted by atomic mass is 19.4. The lowest BCUT2D eigenvalue weighted by molar-refractivity contribution is -0.212. The molecule has 0 fully saturated rings. The van der Waals surface area contributed by atoms with Gasteiger partial charge in [0.05, 0.1) is 5.71 Å². The van der Waals surface area contributed by atoms with Gasteiger partial charge in [0, 0.05) is 6.42 Å². The molecule has 64 valence electrons. The van der Waals surface area contributed by atoms with Gasteiger partial charge in [-0.25, -0.2) is 4.39 Å². The van der Waals surface area contributed by atoms with Gasteiger partial charge in [0.15, 0.2) is 0 Å². The van der Waals surface area contributed by atoms with Crippen LogP contribution < -0.4 is 0 Å². The third-order valence-corrected chi connectivity index (χ3v) is 1.25. The molecule has 0 amide bonds. The maximum Gasteiger partial charge on any atom is 0.428 e. The van der Waals surface area contributed by atoms with Crippen LogP contribution in [-0.4, -0.2) is 24.7 Å². The summed E-state index contributed by atoms with van der Waals surface area (Å²) >= 11 is 0. The van der Waals surface area contributed by atoms with E-state index in [1.807, 2.05) is 0 Å². The Morgan fingerprint density at radius 3 is 2.45 bits per heavy atom. The van der Waals surface area contributed by atoms with Crippen LogP contribution in [0.5, 0.6) is 0 Å². The van der Waals surface area contributed by atoms with Crippen LogP contribution in [0.25, 0.3) is 0 Å². The molecule has 0 aromatic carbocycles. The highest BCUT2D eigenvalue weighted by Gasteiger charge is 2.45. The fourth-order valence-electron chi connectivity index (χ4n) is 0.681. The second-order valence-electron chi connectivity index (χ2n) is 2.13. The normalized spacial score (nSPS) is 24.7. The maximum atomic E-state index is 11.7. The SMILES string of the molecule is FCC1=NO[C@H](C(F)(F)F)C1. The summed E-state index contributed by atoms with van der Waals surface area (Å²) in [5.74, 6) is 0. The van der Waals surface area contributed by atoms with E-state index in [2.05, 4.69) is 9.99 Å². The summed E-state index contributed by atoms with van der Waals surface area (Å²) in [6.45, 7) is -0.980. The Morgan fingerprint density at radius 1 is 1.55 bits per heavy atom. The minimum absolute atomic E-state index is 0.188. The second kappa shape index (κ2) is 2.67. The van der Waals surface area contributed by atoms with Crippen molar-refractivity contribution in [3.63, 3.8) is 0 Å². The molecular formula is C5H5F4NO. The van der Waals surface area contributed by atoms with E-state index in [9.17, 15) is 17.6 Å². The molecule has 1 heterocycles. The van der Waals surface area contributed by atoms with Crippen LogP contribution >= 0.6 is 0 Å². The van der Waals surface area contributed by atoms with Gasteiger partial charge in [-0.3, -0.25) is 0 Å². The Balaban J connectivity index is 2.48. The summed E-state index contributed by atoms with van der Waals surface area (Å²) in [7, 11) is 0. The molecule has 0 spiro atoms. The quantitative estimate of drug-likeness (QED) is 0.550. The molecule has 1 rings (SSSR count). The van der Waals surface area contributed by atoms with Gasteiger partial charge in [0.2, 0.25) is 6.10 Å². The van der Waals surface area contributed by atoms with Gasteiger partial charge >= 0.3 is 6.18 Å². The van der Waals surface area contributed by atoms with Crippen LogP contribution in [-0.2, 0) is 4.84 Å². The second-order valence-corrected chi connectivity index (χ2v) is 2.13. The van der Waals surface area contributed by atoms with Crippen LogP contribution in [0.1, 0.15) is 6.42 Å². The zero-order valence-electron chi connectivity index (χ0n) is 5.36. The van der Waals surface area contributed by atoms with Gasteiger partial charge in [0.25, 0.3) is 0 Å². The standard InChI is InChI=1S/C5H5F4NO/c6-2-3-1-4(11-10-3)5(7,8)9/h4H,1-2H2/t4-/m0/s1. The summed E-state index contributed by atoms with van der Waals surface area (Å²) in [4.78, 5) is 3.94. The van der Waals surface area contributed by atoms with Crippen LogP contribution in [0.4, 0.5) is 17.6 Å². The van der Waals surface area contributed by atoms with Gasteiger partial charge in [-0.2, -0.15) is 13.2 Å². The van der Waals surface area contributed by atoms with Crippen molar-refractivity contribution in [1.82, 2.24) is 0 Å². The minimum Gasteiger partial charge on any atom is -0.382 e. The highest BCUT2D eigenvalue weighted by Crippen LogP contribution is 2.28. The van der Waals surface area contributed by atoms with Crippen molar-refractivity contribution in [1.29, 1.82) is 0 Å². The molecule has 1 atom stereocenters. The first kappa shape index (κ1) is 8.29.